The van der Waals surface area contributed by atoms with Crippen LogP contribution >= 0.6 is 15.9 Å². The zero-order valence-corrected chi connectivity index (χ0v) is 12.4. The maximum atomic E-state index is 11.1. The Morgan fingerprint density at radius 3 is 2.71 bits per heavy atom. The van der Waals surface area contributed by atoms with Gasteiger partial charge in [-0.1, -0.05) is 0 Å². The van der Waals surface area contributed by atoms with Crippen LogP contribution in [0.3, 0.4) is 0 Å². The highest BCUT2D eigenvalue weighted by Gasteiger charge is 2.12. The number of aromatic carboxylic acids is 1. The first-order valence-corrected chi connectivity index (χ1v) is 6.58. The van der Waals surface area contributed by atoms with Gasteiger partial charge in [0, 0.05) is 16.2 Å². The Labute approximate surface area is 127 Å². The van der Waals surface area contributed by atoms with Crippen LogP contribution in [-0.2, 0) is 0 Å². The van der Waals surface area contributed by atoms with E-state index in [1.807, 2.05) is 0 Å². The normalized spacial score (nSPS) is 10.2. The molecule has 0 radical (unpaired) electrons. The number of carboxylic acid groups (broad SMARTS) is 1. The van der Waals surface area contributed by atoms with Crippen molar-refractivity contribution >= 4 is 39.1 Å². The fraction of sp³-hybridized carbons (Fsp3) is 0.0769. The smallest absolute Gasteiger partial charge is 0.336 e. The second-order valence-electron chi connectivity index (χ2n) is 4.24. The molecule has 1 aromatic carbocycles. The number of carbonyl (C=O) groups is 1. The molecule has 1 heterocycles. The molecule has 8 heteroatoms. The molecule has 7 nitrogen and oxygen atoms in total. The van der Waals surface area contributed by atoms with Crippen LogP contribution in [0.4, 0.5) is 17.2 Å². The van der Waals surface area contributed by atoms with Crippen LogP contribution in [0.2, 0.25) is 0 Å². The number of pyridine rings is 1. The van der Waals surface area contributed by atoms with Crippen LogP contribution in [0.25, 0.3) is 0 Å². The zero-order chi connectivity index (χ0) is 15.6. The van der Waals surface area contributed by atoms with Gasteiger partial charge in [0.2, 0.25) is 0 Å². The van der Waals surface area contributed by atoms with Gasteiger partial charge in [-0.05, 0) is 46.6 Å². The third-order valence-electron chi connectivity index (χ3n) is 2.73. The Kier molecular flexibility index (Phi) is 4.18. The summed E-state index contributed by atoms with van der Waals surface area (Å²) in [5, 5.41) is 22.7. The lowest BCUT2D eigenvalue weighted by Gasteiger charge is -2.09. The Morgan fingerprint density at radius 1 is 1.43 bits per heavy atom. The molecule has 0 atom stereocenters. The van der Waals surface area contributed by atoms with E-state index in [0.717, 1.165) is 6.20 Å². The van der Waals surface area contributed by atoms with Gasteiger partial charge >= 0.3 is 5.97 Å². The minimum atomic E-state index is -1.06. The standard InChI is InChI=1S/C13H10BrN3O4/c1-7-4-9(17(20)21)6-15-12(7)16-8-2-3-11(14)10(5-8)13(18)19/h2-6H,1H3,(H,15,16)(H,18,19). The van der Waals surface area contributed by atoms with Crippen molar-refractivity contribution in [2.75, 3.05) is 5.32 Å². The topological polar surface area (TPSA) is 105 Å². The second kappa shape index (κ2) is 5.88. The number of hydrogen-bond donors (Lipinski definition) is 2. The quantitative estimate of drug-likeness (QED) is 0.644. The summed E-state index contributed by atoms with van der Waals surface area (Å²) >= 11 is 3.16. The molecule has 0 saturated carbocycles. The van der Waals surface area contributed by atoms with Gasteiger partial charge < -0.3 is 10.4 Å². The summed E-state index contributed by atoms with van der Waals surface area (Å²) in [6.45, 7) is 1.68. The third-order valence-corrected chi connectivity index (χ3v) is 3.43. The highest BCUT2D eigenvalue weighted by atomic mass is 79.9. The van der Waals surface area contributed by atoms with Gasteiger partial charge in [0.15, 0.2) is 0 Å². The summed E-state index contributed by atoms with van der Waals surface area (Å²) in [4.78, 5) is 25.2. The third kappa shape index (κ3) is 3.34. The average Bonchev–Trinajstić information content (AvgIpc) is 2.42. The lowest BCUT2D eigenvalue weighted by atomic mass is 10.2. The van der Waals surface area contributed by atoms with E-state index >= 15 is 0 Å². The number of rotatable bonds is 4. The molecule has 1 aromatic heterocycles. The summed E-state index contributed by atoms with van der Waals surface area (Å²) in [7, 11) is 0. The number of nitro groups is 1. The minimum absolute atomic E-state index is 0.0971. The Hall–Kier alpha value is -2.48. The van der Waals surface area contributed by atoms with Crippen molar-refractivity contribution in [3.8, 4) is 0 Å². The van der Waals surface area contributed by atoms with Gasteiger partial charge in [-0.15, -0.1) is 0 Å². The van der Waals surface area contributed by atoms with E-state index in [2.05, 4.69) is 26.2 Å². The Bertz CT molecular complexity index is 733. The number of anilines is 2. The van der Waals surface area contributed by atoms with Crippen molar-refractivity contribution in [1.29, 1.82) is 0 Å². The van der Waals surface area contributed by atoms with E-state index in [1.165, 1.54) is 12.1 Å². The maximum Gasteiger partial charge on any atom is 0.336 e. The van der Waals surface area contributed by atoms with E-state index in [1.54, 1.807) is 19.1 Å². The van der Waals surface area contributed by atoms with Crippen LogP contribution in [0.15, 0.2) is 34.9 Å². The Morgan fingerprint density at radius 2 is 2.14 bits per heavy atom. The summed E-state index contributed by atoms with van der Waals surface area (Å²) in [6, 6.07) is 6.13. The molecule has 0 aliphatic rings. The van der Waals surface area contributed by atoms with Crippen molar-refractivity contribution in [3.05, 3.63) is 56.2 Å². The molecular weight excluding hydrogens is 342 g/mol. The number of nitrogens with one attached hydrogen (secondary N) is 1. The van der Waals surface area contributed by atoms with Gasteiger partial charge in [0.25, 0.3) is 5.69 Å². The summed E-state index contributed by atoms with van der Waals surface area (Å²) in [5.74, 6) is -0.627. The SMILES string of the molecule is Cc1cc([N+](=O)[O-])cnc1Nc1ccc(Br)c(C(=O)O)c1. The highest BCUT2D eigenvalue weighted by molar-refractivity contribution is 9.10. The first-order chi connectivity index (χ1) is 9.88. The monoisotopic (exact) mass is 351 g/mol. The zero-order valence-electron chi connectivity index (χ0n) is 10.8. The van der Waals surface area contributed by atoms with Crippen molar-refractivity contribution in [1.82, 2.24) is 4.98 Å². The molecule has 0 amide bonds. The Balaban J connectivity index is 2.32. The summed E-state index contributed by atoms with van der Waals surface area (Å²) < 4.78 is 0.467. The van der Waals surface area contributed by atoms with Crippen LogP contribution in [0.1, 0.15) is 15.9 Å². The van der Waals surface area contributed by atoms with Crippen LogP contribution < -0.4 is 5.32 Å². The molecule has 2 N–H and O–H groups in total. The highest BCUT2D eigenvalue weighted by Crippen LogP contribution is 2.25. The fourth-order valence-electron chi connectivity index (χ4n) is 1.69. The molecular formula is C13H10BrN3O4. The average molecular weight is 352 g/mol. The van der Waals surface area contributed by atoms with E-state index in [4.69, 9.17) is 5.11 Å². The van der Waals surface area contributed by atoms with Gasteiger partial charge in [0.05, 0.1) is 10.5 Å². The van der Waals surface area contributed by atoms with Crippen LogP contribution in [0, 0.1) is 17.0 Å². The number of carboxylic acids is 1. The van der Waals surface area contributed by atoms with Crippen molar-refractivity contribution in [3.63, 3.8) is 0 Å². The molecule has 0 saturated heterocycles. The predicted molar refractivity (Wildman–Crippen MR) is 80.0 cm³/mol. The number of hydrogen-bond acceptors (Lipinski definition) is 5. The predicted octanol–water partition coefficient (Wildman–Crippen LogP) is 3.50. The molecule has 0 fully saturated rings. The van der Waals surface area contributed by atoms with Crippen molar-refractivity contribution in [2.24, 2.45) is 0 Å². The summed E-state index contributed by atoms with van der Waals surface area (Å²) in [6.07, 6.45) is 1.15. The lowest BCUT2D eigenvalue weighted by Crippen LogP contribution is -2.02. The number of nitrogens with zero attached hydrogens (tertiary/aromatic N) is 2. The first-order valence-electron chi connectivity index (χ1n) is 5.79. The molecule has 0 bridgehead atoms. The maximum absolute atomic E-state index is 11.1. The van der Waals surface area contributed by atoms with E-state index < -0.39 is 10.9 Å². The number of halogens is 1. The van der Waals surface area contributed by atoms with Crippen molar-refractivity contribution < 1.29 is 14.8 Å². The molecule has 0 spiro atoms. The molecule has 0 aliphatic carbocycles. The lowest BCUT2D eigenvalue weighted by molar-refractivity contribution is -0.385. The van der Waals surface area contributed by atoms with E-state index in [-0.39, 0.29) is 11.3 Å². The van der Waals surface area contributed by atoms with Gasteiger partial charge in [-0.2, -0.15) is 0 Å². The largest absolute Gasteiger partial charge is 0.478 e. The van der Waals surface area contributed by atoms with E-state index in [0.29, 0.717) is 21.5 Å². The number of aryl methyl sites for hydroxylation is 1. The fourth-order valence-corrected chi connectivity index (χ4v) is 2.11. The second-order valence-corrected chi connectivity index (χ2v) is 5.10. The molecule has 2 aromatic rings. The van der Waals surface area contributed by atoms with Crippen LogP contribution in [0.5, 0.6) is 0 Å². The molecule has 21 heavy (non-hydrogen) atoms. The minimum Gasteiger partial charge on any atom is -0.478 e. The van der Waals surface area contributed by atoms with Crippen molar-refractivity contribution in [2.45, 2.75) is 6.92 Å². The molecule has 2 rings (SSSR count). The first kappa shape index (κ1) is 14.9. The van der Waals surface area contributed by atoms with Gasteiger partial charge in [0.1, 0.15) is 12.0 Å². The van der Waals surface area contributed by atoms with E-state index in [9.17, 15) is 14.9 Å². The molecule has 0 aliphatic heterocycles. The van der Waals surface area contributed by atoms with Gasteiger partial charge in [-0.25, -0.2) is 9.78 Å². The summed E-state index contributed by atoms with van der Waals surface area (Å²) in [5.41, 5.74) is 1.13. The van der Waals surface area contributed by atoms with Gasteiger partial charge in [-0.3, -0.25) is 10.1 Å². The molecule has 108 valence electrons. The molecule has 0 unspecified atom stereocenters. The number of aromatic nitrogens is 1. The number of benzene rings is 1. The van der Waals surface area contributed by atoms with Crippen LogP contribution in [-0.4, -0.2) is 21.0 Å².